The van der Waals surface area contributed by atoms with Gasteiger partial charge < -0.3 is 14.8 Å². The van der Waals surface area contributed by atoms with Gasteiger partial charge >= 0.3 is 5.97 Å². The fraction of sp³-hybridized carbons (Fsp3) is 0.143. The highest BCUT2D eigenvalue weighted by Gasteiger charge is 2.43. The summed E-state index contributed by atoms with van der Waals surface area (Å²) in [5.74, 6) is -0.990. The van der Waals surface area contributed by atoms with Crippen LogP contribution in [0.4, 0.5) is 5.69 Å². The predicted octanol–water partition coefficient (Wildman–Crippen LogP) is 5.68. The van der Waals surface area contributed by atoms with Crippen molar-refractivity contribution in [3.05, 3.63) is 120 Å². The van der Waals surface area contributed by atoms with E-state index in [1.165, 1.54) is 19.2 Å². The zero-order chi connectivity index (χ0) is 26.3. The molecule has 0 fully saturated rings. The van der Waals surface area contributed by atoms with E-state index in [2.05, 4.69) is 21.2 Å². The van der Waals surface area contributed by atoms with Crippen molar-refractivity contribution >= 4 is 39.1 Å². The molecule has 1 aliphatic carbocycles. The number of hydrogen-bond acceptors (Lipinski definition) is 7. The van der Waals surface area contributed by atoms with Crippen molar-refractivity contribution in [2.45, 2.75) is 19.4 Å². The van der Waals surface area contributed by atoms with Gasteiger partial charge in [0.2, 0.25) is 0 Å². The maximum atomic E-state index is 13.7. The molecule has 5 rings (SSSR count). The van der Waals surface area contributed by atoms with Crippen LogP contribution < -0.4 is 10.1 Å². The van der Waals surface area contributed by atoms with Crippen LogP contribution in [-0.2, 0) is 16.1 Å². The number of ketones is 1. The molecule has 0 radical (unpaired) electrons. The van der Waals surface area contributed by atoms with Gasteiger partial charge in [0.1, 0.15) is 12.4 Å². The van der Waals surface area contributed by atoms with Gasteiger partial charge in [-0.15, -0.1) is 0 Å². The first-order chi connectivity index (χ1) is 17.8. The fourth-order valence-corrected chi connectivity index (χ4v) is 5.15. The van der Waals surface area contributed by atoms with Crippen LogP contribution in [-0.4, -0.2) is 23.8 Å². The third kappa shape index (κ3) is 4.31. The number of carbonyl (C=O) groups is 2. The van der Waals surface area contributed by atoms with E-state index in [0.717, 1.165) is 15.6 Å². The van der Waals surface area contributed by atoms with Crippen molar-refractivity contribution in [3.63, 3.8) is 0 Å². The molecule has 37 heavy (non-hydrogen) atoms. The van der Waals surface area contributed by atoms with Crippen molar-refractivity contribution in [1.29, 1.82) is 0 Å². The second-order valence-electron chi connectivity index (χ2n) is 8.65. The number of dihydropyridines is 1. The second-order valence-corrected chi connectivity index (χ2v) is 9.56. The molecule has 1 heterocycles. The Morgan fingerprint density at radius 2 is 1.78 bits per heavy atom. The SMILES string of the molecule is COC(=O)C1=C(C)NC2=C(C(=O)c3ccccc32)[C@H]1c1cc(Br)ccc1OCc1ccc([N+](=O)[O-])cc1. The Morgan fingerprint density at radius 1 is 1.08 bits per heavy atom. The molecule has 2 aliphatic rings. The summed E-state index contributed by atoms with van der Waals surface area (Å²) >= 11 is 3.52. The van der Waals surface area contributed by atoms with E-state index in [4.69, 9.17) is 9.47 Å². The van der Waals surface area contributed by atoms with Crippen LogP contribution in [0, 0.1) is 10.1 Å². The molecule has 1 atom stereocenters. The number of esters is 1. The Kier molecular flexibility index (Phi) is 6.39. The van der Waals surface area contributed by atoms with Crippen LogP contribution in [0.25, 0.3) is 5.70 Å². The summed E-state index contributed by atoms with van der Waals surface area (Å²) < 4.78 is 12.0. The number of halogens is 1. The third-order valence-corrected chi connectivity index (χ3v) is 6.97. The minimum absolute atomic E-state index is 0.00935. The Labute approximate surface area is 220 Å². The average Bonchev–Trinajstić information content (AvgIpc) is 3.18. The predicted molar refractivity (Wildman–Crippen MR) is 140 cm³/mol. The van der Waals surface area contributed by atoms with Crippen LogP contribution >= 0.6 is 15.9 Å². The summed E-state index contributed by atoms with van der Waals surface area (Å²) in [5, 5.41) is 14.2. The van der Waals surface area contributed by atoms with Crippen LogP contribution in [0.3, 0.4) is 0 Å². The lowest BCUT2D eigenvalue weighted by Crippen LogP contribution is -2.29. The zero-order valence-electron chi connectivity index (χ0n) is 19.9. The summed E-state index contributed by atoms with van der Waals surface area (Å²) in [6.45, 7) is 1.91. The molecule has 0 amide bonds. The lowest BCUT2D eigenvalue weighted by atomic mass is 9.79. The lowest BCUT2D eigenvalue weighted by molar-refractivity contribution is -0.384. The van der Waals surface area contributed by atoms with Gasteiger partial charge in [-0.1, -0.05) is 40.2 Å². The number of Topliss-reactive ketones (excluding diaryl/α,β-unsaturated/α-hetero) is 1. The number of nitro groups is 1. The van der Waals surface area contributed by atoms with E-state index in [1.54, 1.807) is 31.2 Å². The van der Waals surface area contributed by atoms with Crippen molar-refractivity contribution in [2.75, 3.05) is 7.11 Å². The van der Waals surface area contributed by atoms with E-state index in [1.807, 2.05) is 30.3 Å². The number of carbonyl (C=O) groups excluding carboxylic acids is 2. The maximum Gasteiger partial charge on any atom is 0.336 e. The molecule has 1 aliphatic heterocycles. The van der Waals surface area contributed by atoms with E-state index < -0.39 is 16.8 Å². The van der Waals surface area contributed by atoms with Gasteiger partial charge in [0.25, 0.3) is 5.69 Å². The maximum absolute atomic E-state index is 13.7. The number of rotatable bonds is 6. The number of nitrogens with zero attached hydrogens (tertiary/aromatic N) is 1. The monoisotopic (exact) mass is 560 g/mol. The highest BCUT2D eigenvalue weighted by molar-refractivity contribution is 9.10. The smallest absolute Gasteiger partial charge is 0.336 e. The van der Waals surface area contributed by atoms with Gasteiger partial charge in [0, 0.05) is 44.6 Å². The first kappa shape index (κ1) is 24.5. The van der Waals surface area contributed by atoms with Gasteiger partial charge in [-0.2, -0.15) is 0 Å². The summed E-state index contributed by atoms with van der Waals surface area (Å²) in [6.07, 6.45) is 0. The second kappa shape index (κ2) is 9.67. The van der Waals surface area contributed by atoms with Gasteiger partial charge in [0.15, 0.2) is 5.78 Å². The summed E-state index contributed by atoms with van der Waals surface area (Å²) in [6, 6.07) is 18.8. The molecular formula is C28H21BrN2O6. The molecular weight excluding hydrogens is 540 g/mol. The van der Waals surface area contributed by atoms with Gasteiger partial charge in [0.05, 0.1) is 29.2 Å². The summed E-state index contributed by atoms with van der Waals surface area (Å²) in [4.78, 5) is 37.2. The Balaban J connectivity index is 1.60. The molecule has 0 spiro atoms. The van der Waals surface area contributed by atoms with E-state index in [0.29, 0.717) is 39.4 Å². The first-order valence-corrected chi connectivity index (χ1v) is 12.2. The van der Waals surface area contributed by atoms with Crippen LogP contribution in [0.5, 0.6) is 5.75 Å². The molecule has 9 heteroatoms. The number of non-ortho nitro benzene ring substituents is 1. The normalized spacial score (nSPS) is 16.2. The molecule has 0 bridgehead atoms. The van der Waals surface area contributed by atoms with Crippen LogP contribution in [0.2, 0.25) is 0 Å². The van der Waals surface area contributed by atoms with Gasteiger partial charge in [-0.05, 0) is 42.8 Å². The van der Waals surface area contributed by atoms with Crippen molar-refractivity contribution in [2.24, 2.45) is 0 Å². The van der Waals surface area contributed by atoms with Crippen molar-refractivity contribution < 1.29 is 24.0 Å². The number of nitrogens with one attached hydrogen (secondary N) is 1. The Hall–Kier alpha value is -4.24. The standard InChI is InChI=1S/C28H21BrN2O6/c1-15-23(28(33)36-2)24(25-26(30-15)19-5-3-4-6-20(19)27(25)32)21-13-17(29)9-12-22(21)37-14-16-7-10-18(11-8-16)31(34)35/h3-13,24,30H,14H2,1-2H3/t24-/m0/s1. The number of benzene rings is 3. The van der Waals surface area contributed by atoms with E-state index in [-0.39, 0.29) is 18.1 Å². The number of hydrogen-bond donors (Lipinski definition) is 1. The molecule has 1 N–H and O–H groups in total. The molecule has 0 saturated heterocycles. The number of methoxy groups -OCH3 is 1. The molecule has 3 aromatic rings. The molecule has 186 valence electrons. The summed E-state index contributed by atoms with van der Waals surface area (Å²) in [7, 11) is 1.31. The molecule has 3 aromatic carbocycles. The largest absolute Gasteiger partial charge is 0.489 e. The van der Waals surface area contributed by atoms with Crippen LogP contribution in [0.1, 0.15) is 39.9 Å². The molecule has 0 saturated carbocycles. The van der Waals surface area contributed by atoms with Gasteiger partial charge in [-0.3, -0.25) is 14.9 Å². The number of nitro benzene ring substituents is 1. The highest BCUT2D eigenvalue weighted by Crippen LogP contribution is 2.49. The third-order valence-electron chi connectivity index (χ3n) is 6.48. The highest BCUT2D eigenvalue weighted by atomic mass is 79.9. The molecule has 8 nitrogen and oxygen atoms in total. The fourth-order valence-electron chi connectivity index (χ4n) is 4.77. The Morgan fingerprint density at radius 3 is 2.46 bits per heavy atom. The minimum atomic E-state index is -0.743. The zero-order valence-corrected chi connectivity index (χ0v) is 21.5. The van der Waals surface area contributed by atoms with Gasteiger partial charge in [-0.25, -0.2) is 4.79 Å². The number of fused-ring (bicyclic) bond motifs is 2. The number of ether oxygens (including phenoxy) is 2. The lowest BCUT2D eigenvalue weighted by Gasteiger charge is -2.30. The van der Waals surface area contributed by atoms with E-state index in [9.17, 15) is 19.7 Å². The quantitative estimate of drug-likeness (QED) is 0.235. The van der Waals surface area contributed by atoms with Crippen molar-refractivity contribution in [1.82, 2.24) is 5.32 Å². The topological polar surface area (TPSA) is 108 Å². The molecule has 0 unspecified atom stereocenters. The average molecular weight is 561 g/mol. The van der Waals surface area contributed by atoms with E-state index >= 15 is 0 Å². The van der Waals surface area contributed by atoms with Crippen molar-refractivity contribution in [3.8, 4) is 5.75 Å². The Bertz CT molecular complexity index is 1520. The first-order valence-electron chi connectivity index (χ1n) is 11.4. The number of allylic oxidation sites excluding steroid dienone is 2. The molecule has 0 aromatic heterocycles. The minimum Gasteiger partial charge on any atom is -0.489 e. The van der Waals surface area contributed by atoms with Crippen LogP contribution in [0.15, 0.2) is 88.0 Å². The summed E-state index contributed by atoms with van der Waals surface area (Å²) in [5.41, 5.74) is 4.70.